The summed E-state index contributed by atoms with van der Waals surface area (Å²) in [4.78, 5) is 31.4. The third-order valence-corrected chi connectivity index (χ3v) is 10.8. The fourth-order valence-corrected chi connectivity index (χ4v) is 8.61. The molecule has 1 N–H and O–H groups in total. The molecule has 1 spiro atoms. The highest BCUT2D eigenvalue weighted by Gasteiger charge is 2.49. The van der Waals surface area contributed by atoms with E-state index in [0.29, 0.717) is 55.7 Å². The average molecular weight is 657 g/mol. The maximum absolute atomic E-state index is 16.9. The Bertz CT molecular complexity index is 2000. The molecule has 0 aliphatic carbocycles. The fraction of sp³-hybridized carbons (Fsp3) is 0.444. The molecule has 4 aliphatic rings. The summed E-state index contributed by atoms with van der Waals surface area (Å²) in [6, 6.07) is 5.39. The van der Waals surface area contributed by atoms with Crippen molar-refractivity contribution in [2.75, 3.05) is 50.8 Å². The molecule has 4 aromatic rings. The number of terminal acetylenes is 1. The smallest absolute Gasteiger partial charge is 0.319 e. The van der Waals surface area contributed by atoms with Crippen molar-refractivity contribution in [2.45, 2.75) is 50.2 Å². The SMILES string of the molecule is C#Cc1c(F)ccc2cc(O)cc(-c3ncc4c(N5CCCCC6(CN(C=O)C6)C5)nc(OC[C@@]56CCCN5C[C@H](F)C6)nc4c3F)c12. The predicted octanol–water partition coefficient (Wildman–Crippen LogP) is 5.21. The molecule has 1 amide bonds. The number of anilines is 1. The molecule has 4 fully saturated rings. The molecule has 2 aromatic heterocycles. The minimum absolute atomic E-state index is 0.0327. The van der Waals surface area contributed by atoms with Gasteiger partial charge in [-0.1, -0.05) is 18.4 Å². The van der Waals surface area contributed by atoms with E-state index >= 15 is 4.39 Å². The van der Waals surface area contributed by atoms with Crippen LogP contribution in [-0.2, 0) is 4.79 Å². The Hall–Kier alpha value is -4.63. The highest BCUT2D eigenvalue weighted by molar-refractivity contribution is 6.03. The molecule has 0 unspecified atom stereocenters. The molecule has 6 heterocycles. The number of nitrogens with zero attached hydrogens (tertiary/aromatic N) is 6. The molecule has 248 valence electrons. The first-order chi connectivity index (χ1) is 23.2. The van der Waals surface area contributed by atoms with Gasteiger partial charge in [0, 0.05) is 61.7 Å². The summed E-state index contributed by atoms with van der Waals surface area (Å²) in [5.41, 5.74) is -0.734. The van der Waals surface area contributed by atoms with Crippen LogP contribution in [0.3, 0.4) is 0 Å². The number of carbonyl (C=O) groups is 1. The number of phenolic OH excluding ortho intramolecular Hbond substituents is 1. The summed E-state index contributed by atoms with van der Waals surface area (Å²) in [5, 5.41) is 11.6. The topological polar surface area (TPSA) is 94.9 Å². The van der Waals surface area contributed by atoms with Crippen molar-refractivity contribution in [2.24, 2.45) is 5.41 Å². The quantitative estimate of drug-likeness (QED) is 0.223. The number of alkyl halides is 1. The van der Waals surface area contributed by atoms with E-state index in [1.807, 2.05) is 0 Å². The van der Waals surface area contributed by atoms with E-state index in [4.69, 9.17) is 16.1 Å². The monoisotopic (exact) mass is 656 g/mol. The van der Waals surface area contributed by atoms with Crippen LogP contribution in [0.15, 0.2) is 30.5 Å². The molecule has 2 atom stereocenters. The Labute approximate surface area is 275 Å². The van der Waals surface area contributed by atoms with Gasteiger partial charge in [-0.05, 0) is 55.8 Å². The number of amides is 1. The number of pyridine rings is 1. The lowest BCUT2D eigenvalue weighted by Gasteiger charge is -2.50. The highest BCUT2D eigenvalue weighted by atomic mass is 19.1. The first-order valence-corrected chi connectivity index (χ1v) is 16.5. The molecule has 8 rings (SSSR count). The number of halogens is 3. The molecular formula is C36H35F3N6O3. The number of hydrogen-bond acceptors (Lipinski definition) is 8. The molecular weight excluding hydrogens is 621 g/mol. The van der Waals surface area contributed by atoms with E-state index in [-0.39, 0.29) is 51.5 Å². The van der Waals surface area contributed by atoms with Gasteiger partial charge in [0.15, 0.2) is 5.82 Å². The zero-order valence-electron chi connectivity index (χ0n) is 26.4. The molecule has 0 radical (unpaired) electrons. The summed E-state index contributed by atoms with van der Waals surface area (Å²) in [7, 11) is 0. The van der Waals surface area contributed by atoms with Gasteiger partial charge in [-0.15, -0.1) is 6.42 Å². The average Bonchev–Trinajstić information content (AvgIpc) is 3.48. The van der Waals surface area contributed by atoms with Gasteiger partial charge in [0.25, 0.3) is 0 Å². The van der Waals surface area contributed by atoms with E-state index in [2.05, 4.69) is 25.7 Å². The van der Waals surface area contributed by atoms with Crippen LogP contribution in [0, 0.1) is 29.4 Å². The van der Waals surface area contributed by atoms with Crippen molar-refractivity contribution in [3.8, 4) is 35.4 Å². The van der Waals surface area contributed by atoms with Gasteiger partial charge in [-0.25, -0.2) is 13.2 Å². The van der Waals surface area contributed by atoms with Crippen LogP contribution in [-0.4, -0.2) is 93.9 Å². The zero-order chi connectivity index (χ0) is 33.2. The number of carbonyl (C=O) groups excluding carboxylic acids is 1. The van der Waals surface area contributed by atoms with Crippen LogP contribution in [0.25, 0.3) is 32.9 Å². The van der Waals surface area contributed by atoms with E-state index in [0.717, 1.165) is 45.1 Å². The standard InChI is InChI=1S/C36H35F3N6O3/c1-2-25-28(38)7-6-22-12-24(47)13-26(29(22)25)31-30(39)32-27(15-40-31)33(44-10-4-3-8-35(19-44)17-43(18-35)21-46)42-34(41-32)48-20-36-9-5-11-45(36)16-23(37)14-36/h1,6-7,12-13,15,21,23,47H,3-5,8-11,14,16-20H2/t23-,36+/m1/s1. The highest BCUT2D eigenvalue weighted by Crippen LogP contribution is 2.43. The predicted molar refractivity (Wildman–Crippen MR) is 174 cm³/mol. The van der Waals surface area contributed by atoms with Crippen molar-refractivity contribution >= 4 is 33.9 Å². The fourth-order valence-electron chi connectivity index (χ4n) is 8.61. The van der Waals surface area contributed by atoms with Gasteiger partial charge < -0.3 is 19.6 Å². The molecule has 48 heavy (non-hydrogen) atoms. The number of hydrogen-bond donors (Lipinski definition) is 1. The van der Waals surface area contributed by atoms with Crippen LogP contribution < -0.4 is 9.64 Å². The Balaban J connectivity index is 1.27. The maximum atomic E-state index is 16.9. The second-order valence-electron chi connectivity index (χ2n) is 13.9. The number of likely N-dealkylation sites (tertiary alicyclic amines) is 1. The summed E-state index contributed by atoms with van der Waals surface area (Å²) < 4.78 is 52.6. The molecule has 4 aliphatic heterocycles. The molecule has 12 heteroatoms. The summed E-state index contributed by atoms with van der Waals surface area (Å²) in [6.45, 7) is 3.86. The van der Waals surface area contributed by atoms with Gasteiger partial charge in [0.1, 0.15) is 41.4 Å². The van der Waals surface area contributed by atoms with Crippen LogP contribution in [0.4, 0.5) is 19.0 Å². The van der Waals surface area contributed by atoms with Gasteiger partial charge in [0.05, 0.1) is 16.5 Å². The molecule has 9 nitrogen and oxygen atoms in total. The minimum Gasteiger partial charge on any atom is -0.508 e. The number of aromatic nitrogens is 3. The van der Waals surface area contributed by atoms with Gasteiger partial charge in [-0.3, -0.25) is 14.7 Å². The summed E-state index contributed by atoms with van der Waals surface area (Å²) in [5.74, 6) is 1.21. The molecule has 0 saturated carbocycles. The summed E-state index contributed by atoms with van der Waals surface area (Å²) in [6.07, 6.45) is 12.0. The first kappa shape index (κ1) is 30.7. The van der Waals surface area contributed by atoms with E-state index in [1.54, 1.807) is 4.90 Å². The van der Waals surface area contributed by atoms with Crippen LogP contribution in [0.1, 0.15) is 44.1 Å². The molecule has 2 aromatic carbocycles. The number of ether oxygens (including phenoxy) is 1. The summed E-state index contributed by atoms with van der Waals surface area (Å²) >= 11 is 0. The van der Waals surface area contributed by atoms with Gasteiger partial charge in [0.2, 0.25) is 6.41 Å². The maximum Gasteiger partial charge on any atom is 0.319 e. The number of rotatable bonds is 6. The van der Waals surface area contributed by atoms with Crippen LogP contribution in [0.5, 0.6) is 11.8 Å². The van der Waals surface area contributed by atoms with E-state index < -0.39 is 23.3 Å². The van der Waals surface area contributed by atoms with Gasteiger partial charge >= 0.3 is 6.01 Å². The van der Waals surface area contributed by atoms with Crippen molar-refractivity contribution < 1.29 is 27.8 Å². The third kappa shape index (κ3) is 4.98. The third-order valence-electron chi connectivity index (χ3n) is 10.8. The van der Waals surface area contributed by atoms with Gasteiger partial charge in [-0.2, -0.15) is 9.97 Å². The Kier molecular flexibility index (Phi) is 7.36. The lowest BCUT2D eigenvalue weighted by atomic mass is 9.76. The van der Waals surface area contributed by atoms with Crippen molar-refractivity contribution in [1.82, 2.24) is 24.8 Å². The second-order valence-corrected chi connectivity index (χ2v) is 13.9. The van der Waals surface area contributed by atoms with Crippen LogP contribution in [0.2, 0.25) is 0 Å². The zero-order valence-corrected chi connectivity index (χ0v) is 26.4. The number of aromatic hydroxyl groups is 1. The van der Waals surface area contributed by atoms with E-state index in [1.165, 1.54) is 30.5 Å². The Morgan fingerprint density at radius 2 is 1.96 bits per heavy atom. The lowest BCUT2D eigenvalue weighted by Crippen LogP contribution is -2.59. The molecule has 4 saturated heterocycles. The normalized spacial score (nSPS) is 23.7. The molecule has 0 bridgehead atoms. The Morgan fingerprint density at radius 1 is 1.10 bits per heavy atom. The van der Waals surface area contributed by atoms with Crippen molar-refractivity contribution in [3.63, 3.8) is 0 Å². The lowest BCUT2D eigenvalue weighted by molar-refractivity contribution is -0.129. The Morgan fingerprint density at radius 3 is 2.77 bits per heavy atom. The first-order valence-electron chi connectivity index (χ1n) is 16.5. The number of fused-ring (bicyclic) bond motifs is 3. The second kappa shape index (κ2) is 11.5. The van der Waals surface area contributed by atoms with Crippen LogP contribution >= 0.6 is 0 Å². The number of phenols is 1. The largest absolute Gasteiger partial charge is 0.508 e. The van der Waals surface area contributed by atoms with Crippen molar-refractivity contribution in [1.29, 1.82) is 0 Å². The minimum atomic E-state index is -0.940. The van der Waals surface area contributed by atoms with Crippen molar-refractivity contribution in [3.05, 3.63) is 47.7 Å². The van der Waals surface area contributed by atoms with E-state index in [9.17, 15) is 18.7 Å². The number of benzene rings is 2.